The maximum absolute atomic E-state index is 5.09. The molecule has 22 aromatic rings. The number of aromatic nitrogens is 9. The molecule has 9 nitrogen and oxygen atoms in total. The minimum Gasteiger partial charge on any atom is -0.208 e. The first-order chi connectivity index (χ1) is 65.2. The highest BCUT2D eigenvalue weighted by Crippen LogP contribution is 2.58. The maximum Gasteiger partial charge on any atom is 0.164 e. The van der Waals surface area contributed by atoms with Crippen LogP contribution in [-0.4, -0.2) is 44.9 Å². The van der Waals surface area contributed by atoms with Crippen LogP contribution in [0.1, 0.15) is 74.9 Å². The summed E-state index contributed by atoms with van der Waals surface area (Å²) in [5, 5.41) is 9.91. The van der Waals surface area contributed by atoms with Gasteiger partial charge in [0.25, 0.3) is 0 Å². The van der Waals surface area contributed by atoms with E-state index in [1.54, 1.807) is 0 Å². The summed E-state index contributed by atoms with van der Waals surface area (Å²) in [6.45, 7) is 14.1. The SMILES string of the molecule is CC1(C)c2cc(-c3ccc(-c4nc(-c5ccccc5)nc(-c5ccccc5)n4)cc3)ccc2-c2cc3ccccc3cc21.CC1(C)c2ccccc2-c2c1cc1ccccc1c2-c1ccc(-c2nc(-c3ccccc3)nc(-c3ccccc3)n2)c2ccccc12.CC1(C)c2ccccc2-c2c1cc1ccccc1c2-c1ccc(-c2nc(-c3ccccc3)nc(-c3ccccc3)n2)cc1. The largest absolute Gasteiger partial charge is 0.208 e. The van der Waals surface area contributed by atoms with Crippen LogP contribution in [0.15, 0.2) is 431 Å². The van der Waals surface area contributed by atoms with Crippen molar-refractivity contribution < 1.29 is 0 Å². The van der Waals surface area contributed by atoms with Gasteiger partial charge in [-0.25, -0.2) is 44.9 Å². The lowest BCUT2D eigenvalue weighted by Crippen LogP contribution is -2.15. The molecule has 0 unspecified atom stereocenters. The summed E-state index contributed by atoms with van der Waals surface area (Å²) in [4.78, 5) is 44.4. The van der Waals surface area contributed by atoms with Crippen molar-refractivity contribution in [2.75, 3.05) is 0 Å². The van der Waals surface area contributed by atoms with E-state index in [1.807, 2.05) is 158 Å². The molecule has 3 heterocycles. The third kappa shape index (κ3) is 14.5. The zero-order valence-corrected chi connectivity index (χ0v) is 74.5. The summed E-state index contributed by atoms with van der Waals surface area (Å²) >= 11 is 0. The highest BCUT2D eigenvalue weighted by Gasteiger charge is 2.41. The van der Waals surface area contributed by atoms with E-state index in [4.69, 9.17) is 44.9 Å². The molecule has 0 saturated carbocycles. The van der Waals surface area contributed by atoms with E-state index in [-0.39, 0.29) is 16.2 Å². The molecule has 25 rings (SSSR count). The van der Waals surface area contributed by atoms with Crippen molar-refractivity contribution in [3.05, 3.63) is 464 Å². The van der Waals surface area contributed by atoms with Crippen LogP contribution >= 0.6 is 0 Å². The second-order valence-corrected chi connectivity index (χ2v) is 36.2. The molecule has 0 saturated heterocycles. The molecule has 3 aliphatic rings. The quantitative estimate of drug-likeness (QED) is 0.118. The van der Waals surface area contributed by atoms with Gasteiger partial charge in [-0.3, -0.25) is 0 Å². The van der Waals surface area contributed by atoms with Gasteiger partial charge < -0.3 is 0 Å². The van der Waals surface area contributed by atoms with Crippen LogP contribution in [0, 0.1) is 0 Å². The van der Waals surface area contributed by atoms with Gasteiger partial charge >= 0.3 is 0 Å². The fourth-order valence-electron chi connectivity index (χ4n) is 20.3. The van der Waals surface area contributed by atoms with E-state index in [9.17, 15) is 0 Å². The molecular formula is C124H89N9. The first kappa shape index (κ1) is 80.8. The van der Waals surface area contributed by atoms with Crippen LogP contribution in [0.3, 0.4) is 0 Å². The van der Waals surface area contributed by atoms with Crippen molar-refractivity contribution in [2.24, 2.45) is 0 Å². The molecule has 9 heteroatoms. The molecule has 133 heavy (non-hydrogen) atoms. The standard InChI is InChI=1S/C44H31N3.2C40H29N3/c1-44(2)37-24-14-13-23-36(37)40-38(44)27-30-19-9-10-20-31(30)39(40)34-25-26-35(33-22-12-11-21-32(33)34)43-46-41(28-15-5-3-6-16-28)45-42(47-43)29-17-7-4-8-18-29;1-40(2)33-20-12-11-19-32(33)36-34(40)25-30-17-9-10-18-31(30)35(36)26-21-23-29(24-22-26)39-42-37(27-13-5-3-6-14-27)41-38(43-39)28-15-7-4-8-16-28;1-40(2)35-25-32(21-22-33(35)34-23-30-15-9-10-16-31(30)24-36(34)40)26-17-19-29(20-18-26)39-42-37(27-11-5-3-6-12-27)41-38(43-39)28-13-7-4-8-14-28/h3-27H,1-2H3;2*3-25H,1-2H3. The third-order valence-corrected chi connectivity index (χ3v) is 27.2. The first-order valence-electron chi connectivity index (χ1n) is 45.6. The smallest absolute Gasteiger partial charge is 0.164 e. The summed E-state index contributed by atoms with van der Waals surface area (Å²) in [6.07, 6.45) is 0. The number of hydrogen-bond donors (Lipinski definition) is 0. The zero-order valence-electron chi connectivity index (χ0n) is 74.5. The maximum atomic E-state index is 5.09. The van der Waals surface area contributed by atoms with Gasteiger partial charge in [0.2, 0.25) is 0 Å². The fourth-order valence-corrected chi connectivity index (χ4v) is 20.3. The first-order valence-corrected chi connectivity index (χ1v) is 45.6. The number of rotatable bonds is 12. The highest BCUT2D eigenvalue weighted by molar-refractivity contribution is 6.15. The molecule has 19 aromatic carbocycles. The molecule has 0 spiro atoms. The Morgan fingerprint density at radius 1 is 0.135 bits per heavy atom. The number of hydrogen-bond acceptors (Lipinski definition) is 9. The predicted molar refractivity (Wildman–Crippen MR) is 547 cm³/mol. The Labute approximate surface area is 773 Å². The topological polar surface area (TPSA) is 116 Å². The van der Waals surface area contributed by atoms with Crippen molar-refractivity contribution in [2.45, 2.75) is 57.8 Å². The Balaban J connectivity index is 0.000000113. The molecule has 0 aliphatic heterocycles. The molecule has 630 valence electrons. The van der Waals surface area contributed by atoms with Gasteiger partial charge in [0.1, 0.15) is 0 Å². The van der Waals surface area contributed by atoms with Crippen LogP contribution in [0.25, 0.3) is 212 Å². The van der Waals surface area contributed by atoms with Crippen molar-refractivity contribution in [3.63, 3.8) is 0 Å². The van der Waals surface area contributed by atoms with Crippen molar-refractivity contribution in [1.82, 2.24) is 44.9 Å². The Bertz CT molecular complexity index is 8110. The molecule has 0 bridgehead atoms. The monoisotopic (exact) mass is 1700 g/mol. The van der Waals surface area contributed by atoms with E-state index < -0.39 is 0 Å². The third-order valence-electron chi connectivity index (χ3n) is 27.2. The summed E-state index contributed by atoms with van der Waals surface area (Å²) in [6, 6.07) is 152. The van der Waals surface area contributed by atoms with Crippen LogP contribution in [0.4, 0.5) is 0 Å². The minimum atomic E-state index is -0.104. The molecule has 0 N–H and O–H groups in total. The molecule has 0 atom stereocenters. The molecule has 3 aromatic heterocycles. The van der Waals surface area contributed by atoms with Crippen LogP contribution in [0.5, 0.6) is 0 Å². The number of nitrogens with zero attached hydrogens (tertiary/aromatic N) is 9. The fraction of sp³-hybridized carbons (Fsp3) is 0.0726. The molecule has 0 amide bonds. The van der Waals surface area contributed by atoms with E-state index >= 15 is 0 Å². The van der Waals surface area contributed by atoms with Crippen LogP contribution in [0.2, 0.25) is 0 Å². The molecule has 3 aliphatic carbocycles. The van der Waals surface area contributed by atoms with E-state index in [2.05, 4.69) is 315 Å². The summed E-state index contributed by atoms with van der Waals surface area (Å²) in [5.74, 6) is 5.98. The van der Waals surface area contributed by atoms with Crippen molar-refractivity contribution in [1.29, 1.82) is 0 Å². The van der Waals surface area contributed by atoms with E-state index in [1.165, 1.54) is 138 Å². The molecule has 0 radical (unpaired) electrons. The number of benzene rings is 19. The van der Waals surface area contributed by atoms with Gasteiger partial charge in [0.05, 0.1) is 0 Å². The van der Waals surface area contributed by atoms with E-state index in [0.29, 0.717) is 52.4 Å². The second-order valence-electron chi connectivity index (χ2n) is 36.2. The van der Waals surface area contributed by atoms with Gasteiger partial charge in [-0.2, -0.15) is 0 Å². The lowest BCUT2D eigenvalue weighted by molar-refractivity contribution is 0.661. The lowest BCUT2D eigenvalue weighted by atomic mass is 9.80. The predicted octanol–water partition coefficient (Wildman–Crippen LogP) is 31.2. The molecular weight excluding hydrogens is 1620 g/mol. The van der Waals surface area contributed by atoms with Gasteiger partial charge in [-0.05, 0) is 180 Å². The highest BCUT2D eigenvalue weighted by atomic mass is 15.1. The Hall–Kier alpha value is -16.8. The Morgan fingerprint density at radius 2 is 0.398 bits per heavy atom. The van der Waals surface area contributed by atoms with Crippen molar-refractivity contribution >= 4 is 43.1 Å². The minimum absolute atomic E-state index is 0.0722. The normalized spacial score (nSPS) is 13.1. The van der Waals surface area contributed by atoms with Crippen molar-refractivity contribution in [3.8, 4) is 169 Å². The Kier molecular flexibility index (Phi) is 20.1. The Morgan fingerprint density at radius 3 is 0.812 bits per heavy atom. The van der Waals surface area contributed by atoms with Crippen LogP contribution in [-0.2, 0) is 16.2 Å². The van der Waals surface area contributed by atoms with Gasteiger partial charge in [-0.15, -0.1) is 0 Å². The van der Waals surface area contributed by atoms with Gasteiger partial charge in [0.15, 0.2) is 52.4 Å². The van der Waals surface area contributed by atoms with E-state index in [0.717, 1.165) is 55.5 Å². The summed E-state index contributed by atoms with van der Waals surface area (Å²) < 4.78 is 0. The summed E-state index contributed by atoms with van der Waals surface area (Å²) in [5.41, 5.74) is 32.0. The average molecular weight is 1710 g/mol. The lowest BCUT2D eigenvalue weighted by Gasteiger charge is -2.23. The zero-order chi connectivity index (χ0) is 89.5. The molecule has 0 fully saturated rings. The van der Waals surface area contributed by atoms with Gasteiger partial charge in [0, 0.05) is 66.3 Å². The van der Waals surface area contributed by atoms with Crippen LogP contribution < -0.4 is 0 Å². The van der Waals surface area contributed by atoms with Gasteiger partial charge in [-0.1, -0.05) is 436 Å². The second kappa shape index (κ2) is 33.1. The summed E-state index contributed by atoms with van der Waals surface area (Å²) in [7, 11) is 0. The average Bonchev–Trinajstić information content (AvgIpc) is 1.58. The number of fused-ring (bicyclic) bond motifs is 13.